The lowest BCUT2D eigenvalue weighted by Crippen LogP contribution is -2.47. The molecule has 0 aliphatic carbocycles. The minimum atomic E-state index is 0.503. The van der Waals surface area contributed by atoms with Crippen LogP contribution in [0.25, 0.3) is 16.9 Å². The summed E-state index contributed by atoms with van der Waals surface area (Å²) in [5, 5.41) is 0. The van der Waals surface area contributed by atoms with E-state index in [1.807, 2.05) is 36.7 Å². The maximum atomic E-state index is 5.85. The minimum absolute atomic E-state index is 0.503. The maximum absolute atomic E-state index is 5.85. The van der Waals surface area contributed by atoms with Gasteiger partial charge in [-0.3, -0.25) is 9.30 Å². The Balaban J connectivity index is 0.000000243. The number of anilines is 2. The molecule has 7 nitrogen and oxygen atoms in total. The number of hydrogen-bond acceptors (Lipinski definition) is 6. The van der Waals surface area contributed by atoms with E-state index in [-0.39, 0.29) is 0 Å². The van der Waals surface area contributed by atoms with Crippen LogP contribution in [0.3, 0.4) is 0 Å². The molecule has 7 heteroatoms. The Kier molecular flexibility index (Phi) is 5.96. The molecular formula is C26H31N7. The first-order valence-electron chi connectivity index (χ1n) is 11.8. The summed E-state index contributed by atoms with van der Waals surface area (Å²) in [7, 11) is 0. The molecular weight excluding hydrogens is 410 g/mol. The van der Waals surface area contributed by atoms with E-state index in [0.717, 1.165) is 48.9 Å². The van der Waals surface area contributed by atoms with Crippen LogP contribution in [0, 0.1) is 0 Å². The molecule has 2 aliphatic heterocycles. The molecule has 33 heavy (non-hydrogen) atoms. The molecule has 4 aromatic rings. The number of fused-ring (bicyclic) bond motifs is 3. The van der Waals surface area contributed by atoms with Crippen LogP contribution in [0.4, 0.5) is 11.8 Å². The fraction of sp³-hybridized carbons (Fsp3) is 0.346. The van der Waals surface area contributed by atoms with Crippen LogP contribution >= 0.6 is 0 Å². The third-order valence-electron chi connectivity index (χ3n) is 6.72. The first-order chi connectivity index (χ1) is 16.2. The molecule has 0 radical (unpaired) electrons. The van der Waals surface area contributed by atoms with Gasteiger partial charge in [0.15, 0.2) is 0 Å². The van der Waals surface area contributed by atoms with Crippen molar-refractivity contribution < 1.29 is 0 Å². The van der Waals surface area contributed by atoms with Crippen LogP contribution in [0.5, 0.6) is 0 Å². The van der Waals surface area contributed by atoms with Crippen molar-refractivity contribution in [2.24, 2.45) is 0 Å². The number of pyridine rings is 1. The fourth-order valence-corrected chi connectivity index (χ4v) is 4.96. The van der Waals surface area contributed by atoms with Gasteiger partial charge in [-0.05, 0) is 37.1 Å². The average molecular weight is 442 g/mol. The van der Waals surface area contributed by atoms with Gasteiger partial charge in [0.2, 0.25) is 5.95 Å². The normalized spacial score (nSPS) is 19.6. The Labute approximate surface area is 194 Å². The van der Waals surface area contributed by atoms with E-state index in [2.05, 4.69) is 62.3 Å². The summed E-state index contributed by atoms with van der Waals surface area (Å²) in [6.07, 6.45) is 7.90. The lowest BCUT2D eigenvalue weighted by atomic mass is 10.2. The molecule has 2 aliphatic rings. The Morgan fingerprint density at radius 1 is 0.970 bits per heavy atom. The van der Waals surface area contributed by atoms with Crippen molar-refractivity contribution in [3.05, 3.63) is 72.7 Å². The molecule has 3 aromatic heterocycles. The van der Waals surface area contributed by atoms with Gasteiger partial charge in [0.25, 0.3) is 0 Å². The summed E-state index contributed by atoms with van der Waals surface area (Å²) in [6.45, 7) is 7.67. The van der Waals surface area contributed by atoms with Gasteiger partial charge in [0.05, 0.1) is 5.69 Å². The van der Waals surface area contributed by atoms with E-state index in [1.165, 1.54) is 12.0 Å². The monoisotopic (exact) mass is 441 g/mol. The molecule has 0 amide bonds. The van der Waals surface area contributed by atoms with Crippen molar-refractivity contribution in [1.82, 2.24) is 24.3 Å². The third kappa shape index (κ3) is 4.28. The summed E-state index contributed by atoms with van der Waals surface area (Å²) in [6, 6.07) is 17.4. The molecule has 2 bridgehead atoms. The number of rotatable bonds is 4. The minimum Gasteiger partial charge on any atom is -0.384 e. The summed E-state index contributed by atoms with van der Waals surface area (Å²) < 4.78 is 2.09. The number of benzene rings is 1. The second kappa shape index (κ2) is 9.19. The number of nitrogens with two attached hydrogens (primary N) is 1. The lowest BCUT2D eigenvalue weighted by molar-refractivity contribution is 0.250. The lowest BCUT2D eigenvalue weighted by Gasteiger charge is -2.34. The van der Waals surface area contributed by atoms with Gasteiger partial charge in [-0.25, -0.2) is 15.0 Å². The maximum Gasteiger partial charge on any atom is 0.212 e. The predicted octanol–water partition coefficient (Wildman–Crippen LogP) is 3.91. The van der Waals surface area contributed by atoms with Crippen LogP contribution in [-0.4, -0.2) is 56.0 Å². The van der Waals surface area contributed by atoms with E-state index in [1.54, 1.807) is 6.20 Å². The molecule has 170 valence electrons. The molecule has 2 fully saturated rings. The number of nitrogens with zero attached hydrogens (tertiary/aromatic N) is 6. The number of imidazole rings is 1. The van der Waals surface area contributed by atoms with Gasteiger partial charge in [0.1, 0.15) is 11.5 Å². The van der Waals surface area contributed by atoms with Crippen LogP contribution < -0.4 is 10.6 Å². The number of likely N-dealkylation sites (tertiary alicyclic amines) is 1. The third-order valence-corrected chi connectivity index (χ3v) is 6.72. The quantitative estimate of drug-likeness (QED) is 0.518. The smallest absolute Gasteiger partial charge is 0.212 e. The molecule has 2 N–H and O–H groups in total. The van der Waals surface area contributed by atoms with Crippen LogP contribution in [0.15, 0.2) is 67.1 Å². The Bertz CT molecular complexity index is 1220. The standard InChI is InChI=1S/C18H21N7.C8H10/c1-2-23-10-14-8-13(23)11-25(14)18-22-15(9-17-21-5-6-24(17)18)12-3-4-20-16(19)7-12;1-2-8-6-4-3-5-7-8/h3-7,9,13-14H,2,8,10-11H2,1H3,(H2,19,20);3-7H,2H2,1H3. The topological polar surface area (TPSA) is 75.6 Å². The van der Waals surface area contributed by atoms with Gasteiger partial charge in [-0.15, -0.1) is 0 Å². The summed E-state index contributed by atoms with van der Waals surface area (Å²) >= 11 is 0. The van der Waals surface area contributed by atoms with Crippen LogP contribution in [0.2, 0.25) is 0 Å². The van der Waals surface area contributed by atoms with Crippen LogP contribution in [0.1, 0.15) is 25.8 Å². The number of aromatic nitrogens is 4. The molecule has 0 spiro atoms. The van der Waals surface area contributed by atoms with Gasteiger partial charge in [-0.2, -0.15) is 0 Å². The summed E-state index contributed by atoms with van der Waals surface area (Å²) in [5.74, 6) is 1.48. The SMILES string of the molecule is CCN1CC2CC1CN2c1nc(-c2ccnc(N)c2)cc2nccn12.CCc1ccccc1. The van der Waals surface area contributed by atoms with Crippen molar-refractivity contribution in [3.8, 4) is 11.3 Å². The first kappa shape index (κ1) is 21.4. The number of nitrogen functional groups attached to an aromatic ring is 1. The van der Waals surface area contributed by atoms with E-state index in [4.69, 9.17) is 10.7 Å². The Morgan fingerprint density at radius 2 is 1.82 bits per heavy atom. The van der Waals surface area contributed by atoms with E-state index in [9.17, 15) is 0 Å². The average Bonchev–Trinajstić information content (AvgIpc) is 3.60. The second-order valence-electron chi connectivity index (χ2n) is 8.69. The van der Waals surface area contributed by atoms with Gasteiger partial charge in [-0.1, -0.05) is 44.2 Å². The molecule has 6 rings (SSSR count). The van der Waals surface area contributed by atoms with Gasteiger partial charge < -0.3 is 10.6 Å². The first-order valence-corrected chi connectivity index (χ1v) is 11.8. The number of aryl methyl sites for hydroxylation is 1. The highest BCUT2D eigenvalue weighted by Crippen LogP contribution is 2.34. The van der Waals surface area contributed by atoms with Crippen molar-refractivity contribution in [1.29, 1.82) is 0 Å². The zero-order chi connectivity index (χ0) is 22.8. The molecule has 5 heterocycles. The van der Waals surface area contributed by atoms with E-state index < -0.39 is 0 Å². The molecule has 2 saturated heterocycles. The highest BCUT2D eigenvalue weighted by molar-refractivity contribution is 5.68. The number of hydrogen-bond donors (Lipinski definition) is 1. The van der Waals surface area contributed by atoms with Crippen molar-refractivity contribution in [2.45, 2.75) is 38.8 Å². The van der Waals surface area contributed by atoms with Crippen molar-refractivity contribution in [2.75, 3.05) is 30.3 Å². The van der Waals surface area contributed by atoms with E-state index in [0.29, 0.717) is 17.9 Å². The summed E-state index contributed by atoms with van der Waals surface area (Å²) in [4.78, 5) is 18.6. The predicted molar refractivity (Wildman–Crippen MR) is 133 cm³/mol. The summed E-state index contributed by atoms with van der Waals surface area (Å²) in [5.41, 5.74) is 10.0. The van der Waals surface area contributed by atoms with Gasteiger partial charge in [0, 0.05) is 55.4 Å². The number of piperazine rings is 1. The zero-order valence-corrected chi connectivity index (χ0v) is 19.3. The zero-order valence-electron chi connectivity index (χ0n) is 19.3. The molecule has 2 atom stereocenters. The fourth-order valence-electron chi connectivity index (χ4n) is 4.96. The largest absolute Gasteiger partial charge is 0.384 e. The highest BCUT2D eigenvalue weighted by atomic mass is 15.4. The van der Waals surface area contributed by atoms with Crippen molar-refractivity contribution >= 4 is 17.4 Å². The molecule has 0 saturated carbocycles. The Morgan fingerprint density at radius 3 is 2.48 bits per heavy atom. The Hall–Kier alpha value is -3.45. The second-order valence-corrected chi connectivity index (χ2v) is 8.69. The van der Waals surface area contributed by atoms with Crippen LogP contribution in [-0.2, 0) is 6.42 Å². The highest BCUT2D eigenvalue weighted by Gasteiger charge is 2.43. The van der Waals surface area contributed by atoms with E-state index >= 15 is 0 Å². The molecule has 1 aromatic carbocycles. The van der Waals surface area contributed by atoms with Crippen molar-refractivity contribution in [3.63, 3.8) is 0 Å². The van der Waals surface area contributed by atoms with Gasteiger partial charge >= 0.3 is 0 Å². The molecule has 2 unspecified atom stereocenters. The number of likely N-dealkylation sites (N-methyl/N-ethyl adjacent to an activating group) is 1.